The van der Waals surface area contributed by atoms with Crippen molar-refractivity contribution < 1.29 is 52.8 Å². The van der Waals surface area contributed by atoms with E-state index in [2.05, 4.69) is 23.2 Å². The monoisotopic (exact) mass is 1030 g/mol. The molecule has 5 aromatic carbocycles. The van der Waals surface area contributed by atoms with Gasteiger partial charge in [0.25, 0.3) is 0 Å². The van der Waals surface area contributed by atoms with E-state index in [9.17, 15) is 9.90 Å². The summed E-state index contributed by atoms with van der Waals surface area (Å²) in [6.07, 6.45) is 5.43. The summed E-state index contributed by atoms with van der Waals surface area (Å²) in [5, 5.41) is 12.5. The molecular weight excluding hydrogens is 965 g/mol. The number of nitrogens with zero attached hydrogens (tertiary/aromatic N) is 3. The topological polar surface area (TPSA) is 173 Å². The Morgan fingerprint density at radius 3 is 2.14 bits per heavy atom. The third-order valence-corrected chi connectivity index (χ3v) is 15.6. The molecule has 76 heavy (non-hydrogen) atoms. The predicted molar refractivity (Wildman–Crippen MR) is 282 cm³/mol. The fraction of sp³-hybridized carbons (Fsp3) is 0.361. The van der Waals surface area contributed by atoms with E-state index < -0.39 is 77.3 Å². The van der Waals surface area contributed by atoms with E-state index in [0.717, 1.165) is 52.8 Å². The minimum Gasteiger partial charge on any atom is -0.493 e. The van der Waals surface area contributed by atoms with E-state index in [0.29, 0.717) is 45.9 Å². The highest BCUT2D eigenvalue weighted by Gasteiger charge is 2.76. The van der Waals surface area contributed by atoms with Crippen LogP contribution in [0.25, 0.3) is 0 Å². The molecule has 5 aromatic rings. The molecule has 0 radical (unpaired) electrons. The number of nitrogens with one attached hydrogen (secondary N) is 1. The van der Waals surface area contributed by atoms with Crippen LogP contribution in [0.15, 0.2) is 127 Å². The number of benzene rings is 5. The second-order valence-corrected chi connectivity index (χ2v) is 20.2. The quantitative estimate of drug-likeness (QED) is 0.0910. The Labute approximate surface area is 442 Å². The number of fused-ring (bicyclic) bond motifs is 4. The Balaban J connectivity index is 1.27. The van der Waals surface area contributed by atoms with Crippen LogP contribution in [0, 0.1) is 23.7 Å². The van der Waals surface area contributed by atoms with Gasteiger partial charge in [-0.15, -0.1) is 0 Å². The third-order valence-electron chi connectivity index (χ3n) is 15.6. The summed E-state index contributed by atoms with van der Waals surface area (Å²) >= 11 is 0. The summed E-state index contributed by atoms with van der Waals surface area (Å²) in [4.78, 5) is 82.8. The summed E-state index contributed by atoms with van der Waals surface area (Å²) in [7, 11) is 4.34. The molecule has 15 heteroatoms. The van der Waals surface area contributed by atoms with Crippen LogP contribution in [0.3, 0.4) is 0 Å². The second-order valence-electron chi connectivity index (χ2n) is 20.2. The molecule has 7 unspecified atom stereocenters. The fourth-order valence-electron chi connectivity index (χ4n) is 12.1. The van der Waals surface area contributed by atoms with E-state index in [1.165, 1.54) is 7.11 Å². The number of ether oxygens (including phenoxy) is 5. The molecule has 15 nitrogen and oxygen atoms in total. The van der Waals surface area contributed by atoms with Gasteiger partial charge in [0, 0.05) is 18.7 Å². The lowest BCUT2D eigenvalue weighted by Gasteiger charge is -2.46. The zero-order valence-corrected chi connectivity index (χ0v) is 43.3. The number of hydrogen-bond donors (Lipinski definition) is 2. The zero-order chi connectivity index (χ0) is 53.3. The molecule has 0 saturated carbocycles. The number of esters is 2. The number of allylic oxidation sites excluding steroid dienone is 2. The van der Waals surface area contributed by atoms with Gasteiger partial charge in [0.15, 0.2) is 11.5 Å². The number of imide groups is 1. The highest BCUT2D eigenvalue weighted by Crippen LogP contribution is 2.66. The van der Waals surface area contributed by atoms with Crippen LogP contribution in [0.4, 0.5) is 10.5 Å². The second kappa shape index (κ2) is 21.7. The molecular formula is C61H62N4O11. The first kappa shape index (κ1) is 51.6. The van der Waals surface area contributed by atoms with E-state index in [1.807, 2.05) is 77.7 Å². The minimum atomic E-state index is -2.09. The van der Waals surface area contributed by atoms with Crippen molar-refractivity contribution in [3.8, 4) is 29.1 Å². The average molecular weight is 1030 g/mol. The standard InChI is InChI=1S/C61H62N4O11/c1-37(2)51(57(68)74-5)62-60(71)64-47-28-23-39(22-21-38-15-9-6-10-16-38)33-46(47)61(59(64)70)50(56(67)63-30-29-43-34-48(72-3)49(73-4)35-44(43)36-63)53-58(69)76-54(41-19-13-8-14-20-41)52(40-17-11-7-12-18-40)65(53)55(61)42-24-26-45(27-25-42)75-32-31-66/h7-8,11-15,17-20,23-28,33-35,37,50-55,66H,6,9-10,16,29-32,36H2,1-5H3,(H,62,71). The summed E-state index contributed by atoms with van der Waals surface area (Å²) in [5.41, 5.74) is 3.60. The smallest absolute Gasteiger partial charge is 0.329 e. The maximum atomic E-state index is 17.0. The molecule has 392 valence electrons. The number of rotatable bonds is 12. The van der Waals surface area contributed by atoms with Crippen LogP contribution in [0.5, 0.6) is 17.2 Å². The van der Waals surface area contributed by atoms with Gasteiger partial charge in [-0.2, -0.15) is 0 Å². The number of aliphatic hydroxyl groups is 1. The predicted octanol–water partition coefficient (Wildman–Crippen LogP) is 8.08. The average Bonchev–Trinajstić information content (AvgIpc) is 4.13. The Kier molecular flexibility index (Phi) is 14.7. The first-order valence-electron chi connectivity index (χ1n) is 26.0. The van der Waals surface area contributed by atoms with Gasteiger partial charge in [-0.05, 0) is 119 Å². The SMILES string of the molecule is COC(=O)C(NC(=O)N1C(=O)C2(c3cc(C#CC4=CCCCC4)ccc31)C(C(=O)N1CCc3cc(OC)c(OC)cc3C1)C1C(=O)OC(c3ccccc3)C(c3ccccc3)N1C2c1ccc(OCCO)cc1)C(C)C. The lowest BCUT2D eigenvalue weighted by atomic mass is 9.64. The number of hydrogen-bond acceptors (Lipinski definition) is 12. The van der Waals surface area contributed by atoms with Gasteiger partial charge < -0.3 is 39.0 Å². The molecule has 1 aliphatic carbocycles. The fourth-order valence-corrected chi connectivity index (χ4v) is 12.1. The molecule has 4 amide bonds. The maximum Gasteiger partial charge on any atom is 0.329 e. The highest BCUT2D eigenvalue weighted by atomic mass is 16.6. The molecule has 2 fully saturated rings. The molecule has 2 N–H and O–H groups in total. The van der Waals surface area contributed by atoms with Crippen molar-refractivity contribution in [3.05, 3.63) is 166 Å². The number of anilines is 1. The number of amides is 4. The van der Waals surface area contributed by atoms with E-state index in [1.54, 1.807) is 75.4 Å². The number of urea groups is 1. The maximum absolute atomic E-state index is 17.0. The van der Waals surface area contributed by atoms with Gasteiger partial charge in [0.05, 0.1) is 51.6 Å². The molecule has 0 aromatic heterocycles. The first-order chi connectivity index (χ1) is 36.9. The first-order valence-corrected chi connectivity index (χ1v) is 26.0. The summed E-state index contributed by atoms with van der Waals surface area (Å²) in [6.45, 7) is 3.62. The van der Waals surface area contributed by atoms with Gasteiger partial charge in [-0.25, -0.2) is 14.5 Å². The lowest BCUT2D eigenvalue weighted by molar-refractivity contribution is -0.179. The minimum absolute atomic E-state index is 0.0232. The van der Waals surface area contributed by atoms with Gasteiger partial charge in [-0.3, -0.25) is 19.3 Å². The van der Waals surface area contributed by atoms with Crippen molar-refractivity contribution in [1.82, 2.24) is 15.1 Å². The Bertz CT molecular complexity index is 3130. The molecule has 0 bridgehead atoms. The molecule has 4 aliphatic heterocycles. The Morgan fingerprint density at radius 2 is 1.50 bits per heavy atom. The van der Waals surface area contributed by atoms with Crippen molar-refractivity contribution in [2.24, 2.45) is 11.8 Å². The molecule has 1 spiro atoms. The van der Waals surface area contributed by atoms with Crippen molar-refractivity contribution in [2.45, 2.75) is 88.2 Å². The largest absolute Gasteiger partial charge is 0.493 e. The number of cyclic esters (lactones) is 1. The molecule has 2 saturated heterocycles. The lowest BCUT2D eigenvalue weighted by Crippen LogP contribution is -2.58. The van der Waals surface area contributed by atoms with Gasteiger partial charge in [0.1, 0.15) is 36.0 Å². The summed E-state index contributed by atoms with van der Waals surface area (Å²) < 4.78 is 29.1. The molecule has 10 rings (SSSR count). The number of aliphatic hydroxyl groups excluding tert-OH is 1. The van der Waals surface area contributed by atoms with E-state index in [4.69, 9.17) is 23.7 Å². The Morgan fingerprint density at radius 1 is 0.803 bits per heavy atom. The molecule has 5 aliphatic rings. The van der Waals surface area contributed by atoms with Crippen LogP contribution in [-0.4, -0.2) is 97.9 Å². The van der Waals surface area contributed by atoms with Crippen molar-refractivity contribution in [3.63, 3.8) is 0 Å². The molecule has 7 atom stereocenters. The number of carbonyl (C=O) groups excluding carboxylic acids is 5. The van der Waals surface area contributed by atoms with Gasteiger partial charge >= 0.3 is 18.0 Å². The normalized spacial score (nSPS) is 23.0. The van der Waals surface area contributed by atoms with E-state index >= 15 is 19.2 Å². The number of morpholine rings is 1. The van der Waals surface area contributed by atoms with Crippen molar-refractivity contribution in [1.29, 1.82) is 0 Å². The Hall–Kier alpha value is -7.93. The van der Waals surface area contributed by atoms with Crippen LogP contribution >= 0.6 is 0 Å². The van der Waals surface area contributed by atoms with Gasteiger partial charge in [0.2, 0.25) is 11.8 Å². The van der Waals surface area contributed by atoms with Crippen molar-refractivity contribution >= 4 is 35.5 Å². The van der Waals surface area contributed by atoms with Crippen LogP contribution in [0.2, 0.25) is 0 Å². The zero-order valence-electron chi connectivity index (χ0n) is 43.3. The van der Waals surface area contributed by atoms with E-state index in [-0.39, 0.29) is 32.0 Å². The summed E-state index contributed by atoms with van der Waals surface area (Å²) in [6, 6.07) is 29.5. The van der Waals surface area contributed by atoms with Crippen LogP contribution in [0.1, 0.15) is 96.7 Å². The number of methoxy groups -OCH3 is 3. The summed E-state index contributed by atoms with van der Waals surface area (Å²) in [5.74, 6) is 3.45. The van der Waals surface area contributed by atoms with Crippen LogP contribution in [-0.2, 0) is 47.0 Å². The number of carbonyl (C=O) groups is 5. The third kappa shape index (κ3) is 9.13. The van der Waals surface area contributed by atoms with Gasteiger partial charge in [-0.1, -0.05) is 105 Å². The highest BCUT2D eigenvalue weighted by molar-refractivity contribution is 6.25. The van der Waals surface area contributed by atoms with Crippen LogP contribution < -0.4 is 24.4 Å². The van der Waals surface area contributed by atoms with Crippen molar-refractivity contribution in [2.75, 3.05) is 46.0 Å². The molecule has 4 heterocycles.